The highest BCUT2D eigenvalue weighted by Crippen LogP contribution is 2.37. The van der Waals surface area contributed by atoms with Gasteiger partial charge >= 0.3 is 5.82 Å². The van der Waals surface area contributed by atoms with Gasteiger partial charge in [-0.1, -0.05) is 28.4 Å². The van der Waals surface area contributed by atoms with Crippen LogP contribution in [0, 0.1) is 30.9 Å². The Kier molecular flexibility index (Phi) is 3.64. The van der Waals surface area contributed by atoms with Crippen LogP contribution in [-0.2, 0) is 17.8 Å². The minimum Gasteiger partial charge on any atom is -0.363 e. The van der Waals surface area contributed by atoms with Gasteiger partial charge in [0.25, 0.3) is 5.69 Å². The van der Waals surface area contributed by atoms with Crippen molar-refractivity contribution >= 4 is 5.69 Å². The van der Waals surface area contributed by atoms with Crippen LogP contribution in [0.2, 0.25) is 0 Å². The molecule has 3 aromatic rings. The first kappa shape index (κ1) is 17.1. The highest BCUT2D eigenvalue weighted by atomic mass is 16.6. The fraction of sp³-hybridized carbons (Fsp3) is 0.333. The minimum absolute atomic E-state index is 0.0210. The highest BCUT2D eigenvalue weighted by molar-refractivity contribution is 5.48. The summed E-state index contributed by atoms with van der Waals surface area (Å²) in [6.45, 7) is 6.71. The molecule has 0 unspecified atom stereocenters. The van der Waals surface area contributed by atoms with E-state index in [1.807, 2.05) is 17.1 Å². The molecule has 2 atom stereocenters. The third-order valence-electron chi connectivity index (χ3n) is 5.78. The van der Waals surface area contributed by atoms with E-state index in [9.17, 15) is 10.1 Å². The van der Waals surface area contributed by atoms with E-state index >= 15 is 0 Å². The van der Waals surface area contributed by atoms with Gasteiger partial charge in [-0.2, -0.15) is 0 Å². The molecule has 1 aliphatic heterocycles. The average molecular weight is 377 g/mol. The summed E-state index contributed by atoms with van der Waals surface area (Å²) in [4.78, 5) is 10.9. The zero-order valence-corrected chi connectivity index (χ0v) is 16.0. The third-order valence-corrected chi connectivity index (χ3v) is 5.78. The second kappa shape index (κ2) is 5.97. The van der Waals surface area contributed by atoms with Gasteiger partial charge in [0, 0.05) is 29.2 Å². The summed E-state index contributed by atoms with van der Waals surface area (Å²) in [5, 5.41) is 16.0. The Hall–Kier alpha value is -3.06. The molecule has 0 fully saturated rings. The lowest BCUT2D eigenvalue weighted by Crippen LogP contribution is -2.51. The molecule has 0 amide bonds. The monoisotopic (exact) mass is 377 g/mol. The van der Waals surface area contributed by atoms with Crippen molar-refractivity contribution in [2.24, 2.45) is 0 Å². The van der Waals surface area contributed by atoms with E-state index in [0.29, 0.717) is 6.61 Å². The maximum atomic E-state index is 11.2. The molecule has 0 bridgehead atoms. The molecule has 0 spiro atoms. The number of aromatic nitrogens is 3. The van der Waals surface area contributed by atoms with Gasteiger partial charge in [-0.25, -0.2) is 4.57 Å². The van der Waals surface area contributed by atoms with Gasteiger partial charge in [-0.05, 0) is 37.5 Å². The van der Waals surface area contributed by atoms with Gasteiger partial charge in [-0.15, -0.1) is 0 Å². The predicted octanol–water partition coefficient (Wildman–Crippen LogP) is 3.04. The minimum atomic E-state index is -0.342. The molecule has 2 heterocycles. The van der Waals surface area contributed by atoms with E-state index < -0.39 is 0 Å². The molecule has 0 radical (unpaired) electrons. The molecule has 2 aliphatic rings. The molecule has 0 N–H and O–H groups in total. The zero-order valence-electron chi connectivity index (χ0n) is 16.0. The van der Waals surface area contributed by atoms with Crippen LogP contribution >= 0.6 is 0 Å². The zero-order chi connectivity index (χ0) is 19.6. The lowest BCUT2D eigenvalue weighted by atomic mass is 10.1. The van der Waals surface area contributed by atoms with Crippen LogP contribution in [0.3, 0.4) is 0 Å². The fourth-order valence-electron chi connectivity index (χ4n) is 4.71. The number of nitro benzene ring substituents is 1. The Labute approximate surface area is 162 Å². The summed E-state index contributed by atoms with van der Waals surface area (Å²) >= 11 is 0. The highest BCUT2D eigenvalue weighted by Gasteiger charge is 2.44. The van der Waals surface area contributed by atoms with Crippen LogP contribution in [0.15, 0.2) is 36.7 Å². The van der Waals surface area contributed by atoms with Crippen molar-refractivity contribution in [3.63, 3.8) is 0 Å². The van der Waals surface area contributed by atoms with Gasteiger partial charge in [0.1, 0.15) is 24.4 Å². The van der Waals surface area contributed by atoms with Crippen molar-refractivity contribution < 1.29 is 14.2 Å². The second-order valence-electron chi connectivity index (χ2n) is 7.77. The molecule has 7 nitrogen and oxygen atoms in total. The number of non-ortho nitro benzene ring substituents is 1. The largest absolute Gasteiger partial charge is 0.363 e. The number of nitro groups is 1. The fourth-order valence-corrected chi connectivity index (χ4v) is 4.71. The molecule has 7 heteroatoms. The normalized spacial score (nSPS) is 19.8. The predicted molar refractivity (Wildman–Crippen MR) is 101 cm³/mol. The van der Waals surface area contributed by atoms with Gasteiger partial charge in [0.05, 0.1) is 4.92 Å². The van der Waals surface area contributed by atoms with Crippen molar-refractivity contribution in [3.05, 3.63) is 80.4 Å². The summed E-state index contributed by atoms with van der Waals surface area (Å²) in [5.74, 6) is 0.833. The Morgan fingerprint density at radius 1 is 1.21 bits per heavy atom. The Morgan fingerprint density at radius 2 is 1.96 bits per heavy atom. The van der Waals surface area contributed by atoms with Crippen molar-refractivity contribution in [2.45, 2.75) is 45.9 Å². The SMILES string of the molecule is Cc1cc(C)c(-n2c[n+]3c(n2)CO[C@@H]2Cc4ccc([N+](=O)[O-])cc4[C@@H]23)c(C)c1. The third kappa shape index (κ3) is 2.46. The lowest BCUT2D eigenvalue weighted by Gasteiger charge is -2.23. The molecule has 2 aromatic carbocycles. The van der Waals surface area contributed by atoms with E-state index in [1.54, 1.807) is 12.1 Å². The van der Waals surface area contributed by atoms with Gasteiger partial charge < -0.3 is 4.74 Å². The number of ether oxygens (including phenoxy) is 1. The van der Waals surface area contributed by atoms with E-state index in [1.165, 1.54) is 5.56 Å². The Morgan fingerprint density at radius 3 is 2.68 bits per heavy atom. The lowest BCUT2D eigenvalue weighted by molar-refractivity contribution is -0.739. The standard InChI is InChI=1S/C21H21N4O3/c1-12-6-13(2)20(14(3)7-12)24-11-23-19(22-24)10-28-18-8-15-4-5-16(25(26)27)9-17(15)21(18)23/h4-7,9,11,18,21H,8,10H2,1-3H3/q+1/t18-,21+/m1/s1. The van der Waals surface area contributed by atoms with Crippen molar-refractivity contribution in [3.8, 4) is 5.69 Å². The van der Waals surface area contributed by atoms with Crippen LogP contribution < -0.4 is 4.57 Å². The topological polar surface area (TPSA) is 74.1 Å². The first-order valence-corrected chi connectivity index (χ1v) is 9.39. The summed E-state index contributed by atoms with van der Waals surface area (Å²) in [7, 11) is 0. The second-order valence-corrected chi connectivity index (χ2v) is 7.77. The van der Waals surface area contributed by atoms with Crippen molar-refractivity contribution in [1.82, 2.24) is 9.78 Å². The summed E-state index contributed by atoms with van der Waals surface area (Å²) < 4.78 is 10.1. The first-order valence-electron chi connectivity index (χ1n) is 9.39. The molecular weight excluding hydrogens is 356 g/mol. The van der Waals surface area contributed by atoms with Gasteiger partial charge in [0.2, 0.25) is 6.33 Å². The van der Waals surface area contributed by atoms with Crippen molar-refractivity contribution in [1.29, 1.82) is 0 Å². The summed E-state index contributed by atoms with van der Waals surface area (Å²) in [5.41, 5.74) is 6.81. The summed E-state index contributed by atoms with van der Waals surface area (Å²) in [6.07, 6.45) is 2.75. The van der Waals surface area contributed by atoms with Gasteiger partial charge in [0.15, 0.2) is 0 Å². The van der Waals surface area contributed by atoms with E-state index in [4.69, 9.17) is 9.84 Å². The molecule has 5 rings (SSSR count). The number of fused-ring (bicyclic) bond motifs is 5. The van der Waals surface area contributed by atoms with Gasteiger partial charge in [-0.3, -0.25) is 10.1 Å². The van der Waals surface area contributed by atoms with Crippen LogP contribution in [0.5, 0.6) is 0 Å². The number of aryl methyl sites for hydroxylation is 3. The first-order chi connectivity index (χ1) is 13.4. The van der Waals surface area contributed by atoms with Crippen LogP contribution in [0.1, 0.15) is 39.7 Å². The maximum Gasteiger partial charge on any atom is 0.304 e. The number of benzene rings is 2. The molecule has 1 aliphatic carbocycles. The number of hydrogen-bond acceptors (Lipinski definition) is 4. The van der Waals surface area contributed by atoms with E-state index in [-0.39, 0.29) is 22.8 Å². The molecule has 0 saturated carbocycles. The summed E-state index contributed by atoms with van der Waals surface area (Å²) in [6, 6.07) is 9.34. The van der Waals surface area contributed by atoms with Crippen molar-refractivity contribution in [2.75, 3.05) is 0 Å². The number of hydrogen-bond donors (Lipinski definition) is 0. The number of rotatable bonds is 2. The molecule has 0 saturated heterocycles. The Bertz CT molecular complexity index is 1110. The molecule has 28 heavy (non-hydrogen) atoms. The molecule has 142 valence electrons. The smallest absolute Gasteiger partial charge is 0.304 e. The number of nitrogens with zero attached hydrogens (tertiary/aromatic N) is 4. The van der Waals surface area contributed by atoms with Crippen LogP contribution in [0.25, 0.3) is 5.69 Å². The molecular formula is C21H21N4O3+. The van der Waals surface area contributed by atoms with Crippen LogP contribution in [0.4, 0.5) is 5.69 Å². The Balaban J connectivity index is 1.64. The quantitative estimate of drug-likeness (QED) is 0.391. The van der Waals surface area contributed by atoms with E-state index in [2.05, 4.69) is 37.5 Å². The maximum absolute atomic E-state index is 11.2. The average Bonchev–Trinajstić information content (AvgIpc) is 3.20. The molecule has 1 aromatic heterocycles. The van der Waals surface area contributed by atoms with Crippen LogP contribution in [-0.4, -0.2) is 20.8 Å². The van der Waals surface area contributed by atoms with E-state index in [0.717, 1.165) is 40.2 Å².